The first kappa shape index (κ1) is 35.8. The second-order valence-electron chi connectivity index (χ2n) is 13.4. The van der Waals surface area contributed by atoms with Gasteiger partial charge in [0.2, 0.25) is 10.0 Å². The maximum atomic E-state index is 16.0. The summed E-state index contributed by atoms with van der Waals surface area (Å²) in [5, 5.41) is 0.792. The number of fused-ring (bicyclic) bond motifs is 3. The van der Waals surface area contributed by atoms with Crippen molar-refractivity contribution in [1.29, 1.82) is 0 Å². The second kappa shape index (κ2) is 13.6. The van der Waals surface area contributed by atoms with Gasteiger partial charge in [-0.25, -0.2) is 17.6 Å². The molecule has 2 fully saturated rings. The topological polar surface area (TPSA) is 156 Å². The summed E-state index contributed by atoms with van der Waals surface area (Å²) >= 11 is 0. The highest BCUT2D eigenvalue weighted by molar-refractivity contribution is 7.89. The number of benzene rings is 2. The van der Waals surface area contributed by atoms with E-state index in [1.165, 1.54) is 11.9 Å². The van der Waals surface area contributed by atoms with Crippen molar-refractivity contribution in [1.82, 2.24) is 14.1 Å². The van der Waals surface area contributed by atoms with Crippen LogP contribution < -0.4 is 21.0 Å². The minimum absolute atomic E-state index is 0.0702. The van der Waals surface area contributed by atoms with Crippen molar-refractivity contribution in [3.8, 4) is 5.75 Å². The lowest BCUT2D eigenvalue weighted by molar-refractivity contribution is 0.0721. The minimum atomic E-state index is -4.53. The number of primary amides is 1. The van der Waals surface area contributed by atoms with E-state index in [0.29, 0.717) is 25.0 Å². The molecule has 1 aromatic heterocycles. The van der Waals surface area contributed by atoms with E-state index < -0.39 is 55.1 Å². The first-order chi connectivity index (χ1) is 23.7. The van der Waals surface area contributed by atoms with E-state index in [-0.39, 0.29) is 43.8 Å². The molecule has 0 radical (unpaired) electrons. The van der Waals surface area contributed by atoms with Gasteiger partial charge >= 0.3 is 5.63 Å². The van der Waals surface area contributed by atoms with Crippen LogP contribution >= 0.6 is 0 Å². The van der Waals surface area contributed by atoms with Crippen molar-refractivity contribution in [2.75, 3.05) is 65.5 Å². The molecular formula is C35H44FN5O8S. The number of carbonyl (C=O) groups is 2. The number of nitrogens with zero attached hydrogens (tertiary/aromatic N) is 4. The fourth-order valence-electron chi connectivity index (χ4n) is 7.25. The molecule has 0 spiro atoms. The number of halogens is 1. The number of hydrogen-bond donors (Lipinski definition) is 1. The zero-order chi connectivity index (χ0) is 36.2. The van der Waals surface area contributed by atoms with Gasteiger partial charge in [-0.05, 0) is 70.3 Å². The van der Waals surface area contributed by atoms with Crippen molar-refractivity contribution in [3.63, 3.8) is 0 Å². The number of methoxy groups -OCH3 is 1. The minimum Gasteiger partial charge on any atom is -0.492 e. The molecule has 13 nitrogen and oxygen atoms in total. The number of rotatable bonds is 10. The molecule has 270 valence electrons. The Kier molecular flexibility index (Phi) is 9.72. The highest BCUT2D eigenvalue weighted by Gasteiger charge is 2.43. The van der Waals surface area contributed by atoms with E-state index in [1.54, 1.807) is 14.0 Å². The molecule has 0 bridgehead atoms. The average molecular weight is 714 g/mol. The Balaban J connectivity index is 1.41. The van der Waals surface area contributed by atoms with Gasteiger partial charge in [0.05, 0.1) is 42.5 Å². The van der Waals surface area contributed by atoms with E-state index in [2.05, 4.69) is 22.9 Å². The Morgan fingerprint density at radius 2 is 1.86 bits per heavy atom. The van der Waals surface area contributed by atoms with Crippen LogP contribution in [0.5, 0.6) is 5.75 Å². The molecule has 2 aliphatic heterocycles. The summed E-state index contributed by atoms with van der Waals surface area (Å²) in [6.07, 6.45) is 1.44. The summed E-state index contributed by atoms with van der Waals surface area (Å²) in [5.41, 5.74) is 7.81. The predicted octanol–water partition coefficient (Wildman–Crippen LogP) is 2.79. The fraction of sp³-hybridized carbons (Fsp3) is 0.514. The molecule has 2 amide bonds. The third-order valence-electron chi connectivity index (χ3n) is 10.2. The summed E-state index contributed by atoms with van der Waals surface area (Å²) < 4.78 is 62.1. The molecule has 2 N–H and O–H groups in total. The Labute approximate surface area is 290 Å². The van der Waals surface area contributed by atoms with Crippen LogP contribution in [0.25, 0.3) is 11.0 Å². The number of ether oxygens (including phenoxy) is 2. The third-order valence-corrected chi connectivity index (χ3v) is 12.2. The van der Waals surface area contributed by atoms with Gasteiger partial charge in [-0.2, -0.15) is 4.31 Å². The highest BCUT2D eigenvalue weighted by atomic mass is 32.2. The zero-order valence-electron chi connectivity index (χ0n) is 29.3. The van der Waals surface area contributed by atoms with Crippen LogP contribution in [0.2, 0.25) is 0 Å². The molecule has 6 rings (SSSR count). The fourth-order valence-corrected chi connectivity index (χ4v) is 8.99. The Morgan fingerprint density at radius 3 is 2.50 bits per heavy atom. The number of nitrogens with two attached hydrogens (primary N) is 1. The van der Waals surface area contributed by atoms with Crippen LogP contribution in [0.3, 0.4) is 0 Å². The number of sulfonamides is 1. The largest absolute Gasteiger partial charge is 0.492 e. The third kappa shape index (κ3) is 6.14. The molecule has 2 aromatic carbocycles. The van der Waals surface area contributed by atoms with E-state index in [0.717, 1.165) is 57.8 Å². The van der Waals surface area contributed by atoms with Gasteiger partial charge in [-0.3, -0.25) is 14.5 Å². The first-order valence-electron chi connectivity index (χ1n) is 16.8. The molecule has 3 aromatic rings. The lowest BCUT2D eigenvalue weighted by atomic mass is 9.92. The first-order valence-corrected chi connectivity index (χ1v) is 18.2. The number of aryl methyl sites for hydroxylation is 2. The number of likely N-dealkylation sites (N-methyl/N-ethyl adjacent to an activating group) is 1. The Hall–Kier alpha value is -4.05. The van der Waals surface area contributed by atoms with E-state index in [9.17, 15) is 22.8 Å². The standard InChI is InChI=1S/C35H44FN5O8S/c1-7-48-31-24(33(37)42)15-26(36)29(32(31)50(45,46)39(5)21-8-9-21)34(43)41-11-10-23-25(17-41)35(44)49-30-20(3)27(14-19(2)28(23)30)40-13-12-38(4)22(16-40)18-47-6/h14-15,21-22H,7-13,16-18H2,1-6H3,(H2,37,42). The highest BCUT2D eigenvalue weighted by Crippen LogP contribution is 2.41. The average Bonchev–Trinajstić information content (AvgIpc) is 3.93. The van der Waals surface area contributed by atoms with Gasteiger partial charge in [0.1, 0.15) is 16.3 Å². The summed E-state index contributed by atoms with van der Waals surface area (Å²) in [6.45, 7) is 8.20. The van der Waals surface area contributed by atoms with Gasteiger partial charge in [0.25, 0.3) is 11.8 Å². The van der Waals surface area contributed by atoms with Crippen LogP contribution in [0.15, 0.2) is 26.2 Å². The monoisotopic (exact) mass is 713 g/mol. The number of amides is 2. The van der Waals surface area contributed by atoms with Crippen LogP contribution in [0.1, 0.15) is 62.7 Å². The molecular weight excluding hydrogens is 669 g/mol. The lowest BCUT2D eigenvalue weighted by Gasteiger charge is -2.41. The van der Waals surface area contributed by atoms with Crippen molar-refractivity contribution < 1.29 is 36.3 Å². The van der Waals surface area contributed by atoms with Crippen molar-refractivity contribution in [2.45, 2.75) is 63.6 Å². The van der Waals surface area contributed by atoms with E-state index in [4.69, 9.17) is 19.6 Å². The maximum absolute atomic E-state index is 16.0. The Bertz CT molecular complexity index is 2050. The van der Waals surface area contributed by atoms with Crippen molar-refractivity contribution >= 4 is 38.5 Å². The molecule has 3 heterocycles. The van der Waals surface area contributed by atoms with Gasteiger partial charge in [-0.15, -0.1) is 0 Å². The zero-order valence-corrected chi connectivity index (χ0v) is 30.1. The molecule has 1 saturated carbocycles. The van der Waals surface area contributed by atoms with Crippen LogP contribution in [-0.4, -0.2) is 107 Å². The van der Waals surface area contributed by atoms with Crippen LogP contribution in [-0.2, 0) is 27.7 Å². The van der Waals surface area contributed by atoms with Gasteiger partial charge in [0, 0.05) is 63.0 Å². The lowest BCUT2D eigenvalue weighted by Crippen LogP contribution is -2.53. The second-order valence-corrected chi connectivity index (χ2v) is 15.3. The summed E-state index contributed by atoms with van der Waals surface area (Å²) in [5.74, 6) is -3.78. The number of piperazine rings is 1. The maximum Gasteiger partial charge on any atom is 0.341 e. The molecule has 15 heteroatoms. The summed E-state index contributed by atoms with van der Waals surface area (Å²) in [6, 6.07) is 2.70. The van der Waals surface area contributed by atoms with Gasteiger partial charge < -0.3 is 29.4 Å². The molecule has 1 atom stereocenters. The van der Waals surface area contributed by atoms with Crippen LogP contribution in [0, 0.1) is 19.7 Å². The van der Waals surface area contributed by atoms with Crippen molar-refractivity contribution in [2.24, 2.45) is 5.73 Å². The molecule has 1 saturated heterocycles. The van der Waals surface area contributed by atoms with Gasteiger partial charge in [-0.1, -0.05) is 0 Å². The number of carbonyl (C=O) groups excluding carboxylic acids is 2. The number of anilines is 1. The Morgan fingerprint density at radius 1 is 1.14 bits per heavy atom. The summed E-state index contributed by atoms with van der Waals surface area (Å²) in [7, 11) is 0.575. The van der Waals surface area contributed by atoms with Gasteiger partial charge in [0.15, 0.2) is 5.75 Å². The normalized spacial score (nSPS) is 18.5. The smallest absolute Gasteiger partial charge is 0.341 e. The van der Waals surface area contributed by atoms with E-state index >= 15 is 4.39 Å². The quantitative estimate of drug-likeness (QED) is 0.310. The SMILES string of the molecule is CCOc1c(C(N)=O)cc(F)c(C(=O)N2CCc3c(c(=O)oc4c(C)c(N5CCN(C)C(COC)C5)cc(C)c34)C2)c1S(=O)(=O)N(C)C1CC1. The molecule has 1 unspecified atom stereocenters. The summed E-state index contributed by atoms with van der Waals surface area (Å²) in [4.78, 5) is 45.3. The van der Waals surface area contributed by atoms with Crippen molar-refractivity contribution in [3.05, 3.63) is 61.8 Å². The number of hydrogen-bond acceptors (Lipinski definition) is 10. The molecule has 50 heavy (non-hydrogen) atoms. The van der Waals surface area contributed by atoms with E-state index in [1.807, 2.05) is 13.8 Å². The molecule has 1 aliphatic carbocycles. The molecule has 3 aliphatic rings. The van der Waals surface area contributed by atoms with Crippen LogP contribution in [0.4, 0.5) is 10.1 Å². The predicted molar refractivity (Wildman–Crippen MR) is 185 cm³/mol.